The Hall–Kier alpha value is -3.09. The van der Waals surface area contributed by atoms with Crippen molar-refractivity contribution < 1.29 is 19.4 Å². The second-order valence-corrected chi connectivity index (χ2v) is 14.1. The largest absolute Gasteiger partial charge is 0.493 e. The fourth-order valence-electron chi connectivity index (χ4n) is 8.40. The van der Waals surface area contributed by atoms with E-state index >= 15 is 0 Å². The molecular formula is C37H45ClN2O4. The molecular weight excluding hydrogens is 572 g/mol. The second-order valence-electron chi connectivity index (χ2n) is 13.6. The van der Waals surface area contributed by atoms with Crippen molar-refractivity contribution >= 4 is 23.3 Å². The van der Waals surface area contributed by atoms with Crippen LogP contribution in [-0.2, 0) is 34.4 Å². The number of anilines is 1. The van der Waals surface area contributed by atoms with Crippen molar-refractivity contribution in [2.24, 2.45) is 11.8 Å². The molecule has 7 heteroatoms. The fraction of sp³-hybridized carbons (Fsp3) is 0.514. The topological polar surface area (TPSA) is 80.7 Å². The molecule has 3 aliphatic carbocycles. The SMILES string of the molecule is COCc1ccc2c(c1)C1(CCC(Nc3cccc(Cl)c3)(C(=O)O)CC1)[C@@H](C[C@@H](C)COc1ccnc3c1[C@H](C)CCC3)C2. The van der Waals surface area contributed by atoms with Gasteiger partial charge in [-0.25, -0.2) is 4.79 Å². The van der Waals surface area contributed by atoms with Crippen molar-refractivity contribution in [1.29, 1.82) is 0 Å². The van der Waals surface area contributed by atoms with Crippen LogP contribution in [0.5, 0.6) is 5.75 Å². The van der Waals surface area contributed by atoms with E-state index in [-0.39, 0.29) is 5.41 Å². The molecule has 2 N–H and O–H groups in total. The second kappa shape index (κ2) is 12.7. The van der Waals surface area contributed by atoms with Gasteiger partial charge in [-0.15, -0.1) is 0 Å². The number of aliphatic carboxylic acids is 1. The highest BCUT2D eigenvalue weighted by Crippen LogP contribution is 2.56. The molecule has 0 unspecified atom stereocenters. The predicted octanol–water partition coefficient (Wildman–Crippen LogP) is 8.35. The van der Waals surface area contributed by atoms with E-state index in [1.54, 1.807) is 7.11 Å². The van der Waals surface area contributed by atoms with E-state index in [1.165, 1.54) is 40.8 Å². The van der Waals surface area contributed by atoms with Crippen LogP contribution in [0, 0.1) is 11.8 Å². The summed E-state index contributed by atoms with van der Waals surface area (Å²) in [7, 11) is 1.73. The molecule has 1 aromatic heterocycles. The number of aryl methyl sites for hydroxylation is 1. The van der Waals surface area contributed by atoms with Gasteiger partial charge in [-0.05, 0) is 122 Å². The molecule has 3 aliphatic rings. The number of carbonyl (C=O) groups is 1. The highest BCUT2D eigenvalue weighted by atomic mass is 35.5. The van der Waals surface area contributed by atoms with E-state index in [0.717, 1.165) is 43.5 Å². The highest BCUT2D eigenvalue weighted by molar-refractivity contribution is 6.30. The summed E-state index contributed by atoms with van der Waals surface area (Å²) >= 11 is 6.25. The summed E-state index contributed by atoms with van der Waals surface area (Å²) in [6.45, 7) is 5.82. The molecule has 0 radical (unpaired) electrons. The van der Waals surface area contributed by atoms with Crippen LogP contribution < -0.4 is 10.1 Å². The first-order valence-electron chi connectivity index (χ1n) is 16.2. The predicted molar refractivity (Wildman–Crippen MR) is 175 cm³/mol. The first-order valence-corrected chi connectivity index (χ1v) is 16.6. The van der Waals surface area contributed by atoms with Crippen LogP contribution in [0.2, 0.25) is 5.02 Å². The maximum absolute atomic E-state index is 12.8. The molecule has 3 aromatic rings. The number of nitrogens with one attached hydrogen (secondary N) is 1. The van der Waals surface area contributed by atoms with Gasteiger partial charge in [-0.2, -0.15) is 0 Å². The number of nitrogens with zero attached hydrogens (tertiary/aromatic N) is 1. The van der Waals surface area contributed by atoms with Gasteiger partial charge in [-0.1, -0.05) is 49.7 Å². The minimum atomic E-state index is -1.03. The van der Waals surface area contributed by atoms with Crippen molar-refractivity contribution in [2.75, 3.05) is 19.0 Å². The Bertz CT molecular complexity index is 1500. The van der Waals surface area contributed by atoms with E-state index < -0.39 is 11.5 Å². The number of carboxylic acids is 1. The third kappa shape index (κ3) is 5.95. The van der Waals surface area contributed by atoms with E-state index in [0.29, 0.717) is 48.8 Å². The summed E-state index contributed by atoms with van der Waals surface area (Å²) in [6.07, 6.45) is 10.0. The Morgan fingerprint density at radius 3 is 2.73 bits per heavy atom. The van der Waals surface area contributed by atoms with Gasteiger partial charge in [0.05, 0.1) is 13.2 Å². The molecule has 2 aromatic carbocycles. The number of ether oxygens (including phenoxy) is 2. The van der Waals surface area contributed by atoms with Gasteiger partial charge >= 0.3 is 5.97 Å². The van der Waals surface area contributed by atoms with Crippen molar-refractivity contribution in [3.05, 3.63) is 87.7 Å². The number of aromatic nitrogens is 1. The number of hydrogen-bond acceptors (Lipinski definition) is 5. The Morgan fingerprint density at radius 2 is 1.98 bits per heavy atom. The first-order chi connectivity index (χ1) is 21.2. The van der Waals surface area contributed by atoms with Crippen LogP contribution in [0.4, 0.5) is 5.69 Å². The summed E-state index contributed by atoms with van der Waals surface area (Å²) < 4.78 is 12.0. The van der Waals surface area contributed by atoms with Crippen molar-refractivity contribution in [3.8, 4) is 5.75 Å². The summed E-state index contributed by atoms with van der Waals surface area (Å²) in [6, 6.07) is 16.2. The van der Waals surface area contributed by atoms with Crippen LogP contribution in [0.3, 0.4) is 0 Å². The molecule has 44 heavy (non-hydrogen) atoms. The minimum Gasteiger partial charge on any atom is -0.493 e. The highest BCUT2D eigenvalue weighted by Gasteiger charge is 2.54. The third-order valence-corrected chi connectivity index (χ3v) is 10.9. The van der Waals surface area contributed by atoms with Gasteiger partial charge < -0.3 is 19.9 Å². The Morgan fingerprint density at radius 1 is 1.16 bits per heavy atom. The molecule has 1 fully saturated rings. The average molecular weight is 617 g/mol. The van der Waals surface area contributed by atoms with E-state index in [2.05, 4.69) is 42.3 Å². The summed E-state index contributed by atoms with van der Waals surface area (Å²) in [5.74, 6) is 1.44. The number of halogens is 1. The monoisotopic (exact) mass is 616 g/mol. The lowest BCUT2D eigenvalue weighted by molar-refractivity contribution is -0.144. The minimum absolute atomic E-state index is 0.0767. The van der Waals surface area contributed by atoms with Crippen LogP contribution >= 0.6 is 11.6 Å². The summed E-state index contributed by atoms with van der Waals surface area (Å²) in [5.41, 5.74) is 6.10. The van der Waals surface area contributed by atoms with Crippen molar-refractivity contribution in [1.82, 2.24) is 4.98 Å². The van der Waals surface area contributed by atoms with Crippen molar-refractivity contribution in [3.63, 3.8) is 0 Å². The van der Waals surface area contributed by atoms with Gasteiger partial charge in [0.15, 0.2) is 0 Å². The number of hydrogen-bond donors (Lipinski definition) is 2. The van der Waals surface area contributed by atoms with Crippen molar-refractivity contribution in [2.45, 2.75) is 95.1 Å². The van der Waals surface area contributed by atoms with Crippen LogP contribution in [-0.4, -0.2) is 35.3 Å². The summed E-state index contributed by atoms with van der Waals surface area (Å²) in [5, 5.41) is 14.5. The van der Waals surface area contributed by atoms with E-state index in [9.17, 15) is 9.90 Å². The van der Waals surface area contributed by atoms with Gasteiger partial charge in [0.25, 0.3) is 0 Å². The molecule has 3 atom stereocenters. The Kier molecular flexibility index (Phi) is 8.94. The van der Waals surface area contributed by atoms with Crippen LogP contribution in [0.15, 0.2) is 54.7 Å². The zero-order chi connectivity index (χ0) is 30.9. The lowest BCUT2D eigenvalue weighted by Gasteiger charge is -2.47. The number of pyridine rings is 1. The molecule has 6 rings (SSSR count). The smallest absolute Gasteiger partial charge is 0.329 e. The molecule has 0 amide bonds. The lowest BCUT2D eigenvalue weighted by Crippen LogP contribution is -2.53. The van der Waals surface area contributed by atoms with Gasteiger partial charge in [0.1, 0.15) is 11.3 Å². The van der Waals surface area contributed by atoms with Crippen LogP contribution in [0.25, 0.3) is 0 Å². The molecule has 0 saturated heterocycles. The van der Waals surface area contributed by atoms with E-state index in [1.807, 2.05) is 36.5 Å². The maximum atomic E-state index is 12.8. The fourth-order valence-corrected chi connectivity index (χ4v) is 8.59. The average Bonchev–Trinajstić information content (AvgIpc) is 3.29. The molecule has 234 valence electrons. The standard InChI is InChI=1S/C37H45ClN2O4/c1-24(22-44-33-12-17-39-32-9-4-6-25(2)34(32)33)18-28-20-27-11-10-26(23-43-3)19-31(27)36(28)13-15-37(16-14-36,35(41)42)40-30-8-5-7-29(38)21-30/h5,7-8,10-12,17,19,21,24-25,28,40H,4,6,9,13-16,18,20,22-23H2,1-3H3,(H,41,42)/t24-,25-,28+,36?,37?/m1/s1. The molecule has 0 aliphatic heterocycles. The zero-order valence-corrected chi connectivity index (χ0v) is 27.0. The number of methoxy groups -OCH3 is 1. The van der Waals surface area contributed by atoms with E-state index in [4.69, 9.17) is 21.1 Å². The normalized spacial score (nSPS) is 26.5. The zero-order valence-electron chi connectivity index (χ0n) is 26.2. The Labute approximate surface area is 266 Å². The maximum Gasteiger partial charge on any atom is 0.329 e. The summed E-state index contributed by atoms with van der Waals surface area (Å²) in [4.78, 5) is 17.5. The molecule has 1 spiro atoms. The van der Waals surface area contributed by atoms with Gasteiger partial charge in [0, 0.05) is 35.3 Å². The van der Waals surface area contributed by atoms with Crippen LogP contribution in [0.1, 0.15) is 92.7 Å². The Balaban J connectivity index is 1.23. The molecule has 0 bridgehead atoms. The van der Waals surface area contributed by atoms with Gasteiger partial charge in [0.2, 0.25) is 0 Å². The quantitative estimate of drug-likeness (QED) is 0.238. The number of benzene rings is 2. The lowest BCUT2D eigenvalue weighted by atomic mass is 9.59. The first kappa shape index (κ1) is 30.9. The third-order valence-electron chi connectivity index (χ3n) is 10.7. The number of carboxylic acid groups (broad SMARTS) is 1. The molecule has 1 saturated carbocycles. The van der Waals surface area contributed by atoms with Gasteiger partial charge in [-0.3, -0.25) is 4.98 Å². The molecule has 1 heterocycles. The molecule has 6 nitrogen and oxygen atoms in total. The number of fused-ring (bicyclic) bond motifs is 3. The number of rotatable bonds is 10.